The van der Waals surface area contributed by atoms with E-state index in [1.165, 1.54) is 39.4 Å². The molecule has 0 saturated carbocycles. The quantitative estimate of drug-likeness (QED) is 0.604. The van der Waals surface area contributed by atoms with Crippen LogP contribution < -0.4 is 4.72 Å². The molecule has 0 spiro atoms. The lowest BCUT2D eigenvalue weighted by molar-refractivity contribution is 0.0241. The van der Waals surface area contributed by atoms with Crippen LogP contribution in [0.2, 0.25) is 0 Å². The van der Waals surface area contributed by atoms with Gasteiger partial charge in [0.1, 0.15) is 10.7 Å². The predicted octanol–water partition coefficient (Wildman–Crippen LogP) is 1.10. The summed E-state index contributed by atoms with van der Waals surface area (Å²) in [5.74, 6) is 0.0226. The number of allylic oxidation sites excluding steroid dienone is 1. The van der Waals surface area contributed by atoms with E-state index < -0.39 is 42.0 Å². The largest absolute Gasteiger partial charge is 0.497 e. The molecule has 1 atom stereocenters. The number of methoxy groups -OCH3 is 2. The Morgan fingerprint density at radius 2 is 2.00 bits per heavy atom. The number of aromatic nitrogens is 1. The third-order valence-electron chi connectivity index (χ3n) is 3.43. The van der Waals surface area contributed by atoms with E-state index in [1.54, 1.807) is 4.72 Å². The Balaban J connectivity index is 2.20. The lowest BCUT2D eigenvalue weighted by Crippen LogP contribution is -2.30. The fraction of sp³-hybridized carbons (Fsp3) is 0.333. The lowest BCUT2D eigenvalue weighted by Gasteiger charge is -2.17. The van der Waals surface area contributed by atoms with Crippen LogP contribution in [0.15, 0.2) is 62.3 Å². The van der Waals surface area contributed by atoms with Crippen LogP contribution >= 0.6 is 0 Å². The number of nitrogens with zero attached hydrogens (tertiary/aromatic N) is 3. The van der Waals surface area contributed by atoms with Crippen LogP contribution in [-0.4, -0.2) is 54.1 Å². The molecular weight excluding hydrogens is 428 g/mol. The molecule has 158 valence electrons. The number of amides is 2. The Morgan fingerprint density at radius 1 is 1.28 bits per heavy atom. The Bertz CT molecular complexity index is 1080. The van der Waals surface area contributed by atoms with Crippen LogP contribution in [0.3, 0.4) is 0 Å². The molecule has 1 aromatic rings. The Kier molecular flexibility index (Phi) is 6.92. The summed E-state index contributed by atoms with van der Waals surface area (Å²) in [5, 5.41) is 5.96. The first-order chi connectivity index (χ1) is 13.6. The molecule has 1 unspecified atom stereocenters. The van der Waals surface area contributed by atoms with Crippen molar-refractivity contribution in [3.05, 3.63) is 42.2 Å². The molecule has 0 aliphatic carbocycles. The van der Waals surface area contributed by atoms with Gasteiger partial charge in [-0.25, -0.2) is 22.9 Å². The summed E-state index contributed by atoms with van der Waals surface area (Å²) in [7, 11) is -5.80. The van der Waals surface area contributed by atoms with Crippen molar-refractivity contribution in [2.45, 2.75) is 23.1 Å². The van der Waals surface area contributed by atoms with Gasteiger partial charge in [0, 0.05) is 12.3 Å². The first-order valence-electron chi connectivity index (χ1n) is 7.96. The van der Waals surface area contributed by atoms with Crippen molar-refractivity contribution in [1.29, 1.82) is 0 Å². The zero-order valence-corrected chi connectivity index (χ0v) is 17.2. The molecule has 1 aliphatic heterocycles. The smallest absolute Gasteiger partial charge is 0.373 e. The zero-order valence-electron chi connectivity index (χ0n) is 15.6. The van der Waals surface area contributed by atoms with E-state index >= 15 is 0 Å². The second-order valence-electron chi connectivity index (χ2n) is 5.29. The summed E-state index contributed by atoms with van der Waals surface area (Å²) >= 11 is 0. The number of ether oxygens (including phenoxy) is 3. The van der Waals surface area contributed by atoms with Crippen molar-refractivity contribution >= 4 is 25.9 Å². The maximum absolute atomic E-state index is 12.4. The molecule has 2 heterocycles. The summed E-state index contributed by atoms with van der Waals surface area (Å²) in [5.41, 5.74) is 0. The predicted molar refractivity (Wildman–Crippen MR) is 97.6 cm³/mol. The third kappa shape index (κ3) is 5.51. The first kappa shape index (κ1) is 22.3. The molecule has 0 fully saturated rings. The molecular formula is C15H18N4O8S2. The summed E-state index contributed by atoms with van der Waals surface area (Å²) < 4.78 is 65.8. The molecule has 1 N–H and O–H groups in total. The zero-order chi connectivity index (χ0) is 21.7. The number of sulfonamides is 1. The molecule has 0 radical (unpaired) electrons. The van der Waals surface area contributed by atoms with Gasteiger partial charge >= 0.3 is 6.03 Å². The van der Waals surface area contributed by atoms with Gasteiger partial charge in [-0.05, 0) is 12.1 Å². The summed E-state index contributed by atoms with van der Waals surface area (Å²) in [6.07, 6.45) is 2.76. The van der Waals surface area contributed by atoms with Crippen LogP contribution in [0.1, 0.15) is 6.92 Å². The van der Waals surface area contributed by atoms with E-state index in [0.29, 0.717) is 5.76 Å². The highest BCUT2D eigenvalue weighted by Crippen LogP contribution is 2.20. The van der Waals surface area contributed by atoms with E-state index in [0.717, 1.165) is 12.3 Å². The van der Waals surface area contributed by atoms with Crippen LogP contribution in [0, 0.1) is 0 Å². The summed E-state index contributed by atoms with van der Waals surface area (Å²) in [6.45, 7) is 1.35. The van der Waals surface area contributed by atoms with Crippen LogP contribution in [0.4, 0.5) is 4.79 Å². The van der Waals surface area contributed by atoms with Gasteiger partial charge in [-0.15, -0.1) is 5.11 Å². The number of carbonyl (C=O) groups excluding carboxylic acids is 1. The van der Waals surface area contributed by atoms with Gasteiger partial charge in [0.2, 0.25) is 6.23 Å². The molecule has 2 amide bonds. The van der Waals surface area contributed by atoms with Crippen LogP contribution in [0.25, 0.3) is 0 Å². The molecule has 29 heavy (non-hydrogen) atoms. The number of hydrogen-bond acceptors (Lipinski definition) is 10. The number of nitrogens with one attached hydrogen (secondary N) is 1. The molecule has 12 nitrogen and oxygen atoms in total. The molecule has 1 aromatic heterocycles. The number of hydrogen-bond donors (Lipinski definition) is 1. The average Bonchev–Trinajstić information content (AvgIpc) is 2.71. The van der Waals surface area contributed by atoms with E-state index in [4.69, 9.17) is 14.2 Å². The Labute approximate surface area is 167 Å². The SMILES string of the molecule is CCS(=O)(=O)c1cccnc1S(=O)(=O)NC(=O)N=NC1C=C(OC)C=C(OC)O1. The molecule has 0 saturated heterocycles. The summed E-state index contributed by atoms with van der Waals surface area (Å²) in [6, 6.07) is 0.974. The minimum Gasteiger partial charge on any atom is -0.497 e. The average molecular weight is 446 g/mol. The van der Waals surface area contributed by atoms with Gasteiger partial charge in [0.05, 0.1) is 26.0 Å². The second kappa shape index (κ2) is 9.00. The Morgan fingerprint density at radius 3 is 2.62 bits per heavy atom. The van der Waals surface area contributed by atoms with Crippen molar-refractivity contribution in [3.63, 3.8) is 0 Å². The number of carbonyl (C=O) groups is 1. The van der Waals surface area contributed by atoms with Gasteiger partial charge in [-0.1, -0.05) is 12.0 Å². The van der Waals surface area contributed by atoms with E-state index in [2.05, 4.69) is 15.2 Å². The fourth-order valence-corrected chi connectivity index (χ4v) is 4.57. The minimum atomic E-state index is -4.63. The molecule has 1 aliphatic rings. The first-order valence-corrected chi connectivity index (χ1v) is 11.1. The van der Waals surface area contributed by atoms with Crippen molar-refractivity contribution in [2.24, 2.45) is 10.2 Å². The van der Waals surface area contributed by atoms with Gasteiger partial charge in [0.25, 0.3) is 16.0 Å². The van der Waals surface area contributed by atoms with Crippen molar-refractivity contribution < 1.29 is 35.8 Å². The molecule has 0 bridgehead atoms. The number of rotatable bonds is 7. The molecule has 0 aromatic carbocycles. The monoisotopic (exact) mass is 446 g/mol. The second-order valence-corrected chi connectivity index (χ2v) is 9.13. The lowest BCUT2D eigenvalue weighted by atomic mass is 10.3. The van der Waals surface area contributed by atoms with Crippen molar-refractivity contribution in [2.75, 3.05) is 20.0 Å². The standard InChI is InChI=1S/C15H18N4O8S2/c1-4-28(21,22)11-6-5-7-16-14(11)29(23,24)19-15(20)18-17-12-8-10(25-2)9-13(26-3)27-12/h5-9,12H,4H2,1-3H3,(H,19,20). The third-order valence-corrected chi connectivity index (χ3v) is 6.60. The van der Waals surface area contributed by atoms with Gasteiger partial charge in [-0.2, -0.15) is 8.42 Å². The maximum atomic E-state index is 12.4. The van der Waals surface area contributed by atoms with E-state index in [1.807, 2.05) is 0 Å². The fourth-order valence-electron chi connectivity index (χ4n) is 2.05. The van der Waals surface area contributed by atoms with Crippen molar-refractivity contribution in [3.8, 4) is 0 Å². The van der Waals surface area contributed by atoms with Gasteiger partial charge < -0.3 is 14.2 Å². The summed E-state index contributed by atoms with van der Waals surface area (Å²) in [4.78, 5) is 15.0. The Hall–Kier alpha value is -3.00. The van der Waals surface area contributed by atoms with Gasteiger partial charge in [-0.3, -0.25) is 0 Å². The highest BCUT2D eigenvalue weighted by Gasteiger charge is 2.28. The number of urea groups is 1. The number of azo groups is 1. The van der Waals surface area contributed by atoms with Crippen LogP contribution in [-0.2, 0) is 34.1 Å². The highest BCUT2D eigenvalue weighted by atomic mass is 32.2. The maximum Gasteiger partial charge on any atom is 0.373 e. The highest BCUT2D eigenvalue weighted by molar-refractivity contribution is 7.93. The van der Waals surface area contributed by atoms with E-state index in [-0.39, 0.29) is 11.7 Å². The van der Waals surface area contributed by atoms with E-state index in [9.17, 15) is 21.6 Å². The van der Waals surface area contributed by atoms with Crippen molar-refractivity contribution in [1.82, 2.24) is 9.71 Å². The number of pyridine rings is 1. The minimum absolute atomic E-state index is 0.0456. The molecule has 14 heteroatoms. The molecule has 2 rings (SSSR count). The topological polar surface area (TPSA) is 163 Å². The normalized spacial score (nSPS) is 17.1. The van der Waals surface area contributed by atoms with Gasteiger partial charge in [0.15, 0.2) is 14.9 Å². The number of sulfone groups is 1. The van der Waals surface area contributed by atoms with Crippen LogP contribution in [0.5, 0.6) is 0 Å².